The summed E-state index contributed by atoms with van der Waals surface area (Å²) in [5.74, 6) is -28.2. The molecule has 0 saturated carbocycles. The van der Waals surface area contributed by atoms with Crippen molar-refractivity contribution in [2.75, 3.05) is 13.2 Å². The van der Waals surface area contributed by atoms with Crippen molar-refractivity contribution in [3.63, 3.8) is 0 Å². The van der Waals surface area contributed by atoms with E-state index >= 15 is 0 Å². The van der Waals surface area contributed by atoms with Gasteiger partial charge in [0.15, 0.2) is 0 Å². The van der Waals surface area contributed by atoms with Crippen LogP contribution < -0.4 is 0 Å². The predicted octanol–water partition coefficient (Wildman–Crippen LogP) is 8.07. The van der Waals surface area contributed by atoms with Crippen molar-refractivity contribution in [3.05, 3.63) is 0 Å². The molecule has 0 heterocycles. The van der Waals surface area contributed by atoms with Crippen molar-refractivity contribution in [2.45, 2.75) is 114 Å². The van der Waals surface area contributed by atoms with Gasteiger partial charge in [0.1, 0.15) is 0 Å². The maximum atomic E-state index is 13.7. The van der Waals surface area contributed by atoms with Gasteiger partial charge in [-0.2, -0.15) is 0 Å². The Morgan fingerprint density at radius 3 is 1.59 bits per heavy atom. The molecule has 0 aliphatic rings. The molecule has 232 valence electrons. The SMILES string of the molecule is CCC(F)(F)CC(F)(F)CC(F)(F)CCOC(=O)CC(C)C(=O)OCCCC(F)(F)CC(F)(F)CC(C)(F)F. The molecular weight excluding hydrogens is 568 g/mol. The highest BCUT2D eigenvalue weighted by molar-refractivity contribution is 5.79. The Bertz CT molecular complexity index is 782. The lowest BCUT2D eigenvalue weighted by Crippen LogP contribution is -2.35. The number of carbonyl (C=O) groups is 2. The Kier molecular flexibility index (Phi) is 13.4. The van der Waals surface area contributed by atoms with Gasteiger partial charge >= 0.3 is 11.9 Å². The summed E-state index contributed by atoms with van der Waals surface area (Å²) in [6, 6.07) is 0. The first kappa shape index (κ1) is 37.1. The molecule has 1 atom stereocenters. The Labute approximate surface area is 217 Å². The molecule has 4 nitrogen and oxygen atoms in total. The summed E-state index contributed by atoms with van der Waals surface area (Å²) >= 11 is 0. The highest BCUT2D eigenvalue weighted by Gasteiger charge is 2.49. The van der Waals surface area contributed by atoms with Crippen LogP contribution in [0.2, 0.25) is 0 Å². The van der Waals surface area contributed by atoms with E-state index in [4.69, 9.17) is 0 Å². The summed E-state index contributed by atoms with van der Waals surface area (Å²) < 4.78 is 169. The maximum absolute atomic E-state index is 13.7. The first-order chi connectivity index (χ1) is 17.3. The van der Waals surface area contributed by atoms with Crippen LogP contribution in [0.4, 0.5) is 52.7 Å². The number of carbonyl (C=O) groups excluding carboxylic acids is 2. The van der Waals surface area contributed by atoms with E-state index in [-0.39, 0.29) is 6.92 Å². The normalized spacial score (nSPS) is 14.7. The average Bonchev–Trinajstić information content (AvgIpc) is 2.66. The monoisotopic (exact) mass is 600 g/mol. The highest BCUT2D eigenvalue weighted by Crippen LogP contribution is 2.41. The molecule has 0 amide bonds. The lowest BCUT2D eigenvalue weighted by atomic mass is 10.00. The van der Waals surface area contributed by atoms with Crippen LogP contribution in [0.3, 0.4) is 0 Å². The zero-order valence-corrected chi connectivity index (χ0v) is 21.5. The molecule has 0 saturated heterocycles. The summed E-state index contributed by atoms with van der Waals surface area (Å²) in [5.41, 5.74) is 0. The third-order valence-corrected chi connectivity index (χ3v) is 5.18. The van der Waals surface area contributed by atoms with Crippen LogP contribution in [0.15, 0.2) is 0 Å². The van der Waals surface area contributed by atoms with Gasteiger partial charge in [-0.15, -0.1) is 0 Å². The van der Waals surface area contributed by atoms with Crippen LogP contribution in [0.25, 0.3) is 0 Å². The summed E-state index contributed by atoms with van der Waals surface area (Å²) in [4.78, 5) is 23.5. The lowest BCUT2D eigenvalue weighted by molar-refractivity contribution is -0.166. The predicted molar refractivity (Wildman–Crippen MR) is 114 cm³/mol. The molecule has 39 heavy (non-hydrogen) atoms. The van der Waals surface area contributed by atoms with Crippen molar-refractivity contribution >= 4 is 11.9 Å². The molecule has 0 aliphatic heterocycles. The fraction of sp³-hybridized carbons (Fsp3) is 0.913. The minimum absolute atomic E-state index is 0.160. The van der Waals surface area contributed by atoms with Crippen LogP contribution in [0.1, 0.15) is 78.6 Å². The van der Waals surface area contributed by atoms with Gasteiger partial charge in [-0.05, 0) is 13.3 Å². The maximum Gasteiger partial charge on any atom is 0.309 e. The van der Waals surface area contributed by atoms with Crippen LogP contribution in [-0.4, -0.2) is 60.7 Å². The van der Waals surface area contributed by atoms with Crippen LogP contribution in [0, 0.1) is 5.92 Å². The second-order valence-corrected chi connectivity index (χ2v) is 9.76. The number of rotatable bonds is 19. The van der Waals surface area contributed by atoms with E-state index < -0.39 is 124 Å². The van der Waals surface area contributed by atoms with Gasteiger partial charge in [0.2, 0.25) is 0 Å². The van der Waals surface area contributed by atoms with E-state index in [0.29, 0.717) is 0 Å². The second-order valence-electron chi connectivity index (χ2n) is 9.76. The van der Waals surface area contributed by atoms with Crippen LogP contribution in [0.5, 0.6) is 0 Å². The van der Waals surface area contributed by atoms with E-state index in [2.05, 4.69) is 9.47 Å². The van der Waals surface area contributed by atoms with Crippen molar-refractivity contribution in [2.24, 2.45) is 5.92 Å². The smallest absolute Gasteiger partial charge is 0.309 e. The first-order valence-corrected chi connectivity index (χ1v) is 11.9. The number of halogens is 12. The Morgan fingerprint density at radius 1 is 0.641 bits per heavy atom. The van der Waals surface area contributed by atoms with Gasteiger partial charge in [0.25, 0.3) is 35.5 Å². The number of hydrogen-bond donors (Lipinski definition) is 0. The van der Waals surface area contributed by atoms with Gasteiger partial charge in [0, 0.05) is 19.3 Å². The molecule has 0 fully saturated rings. The summed E-state index contributed by atoms with van der Waals surface area (Å²) in [7, 11) is 0. The van der Waals surface area contributed by atoms with E-state index in [9.17, 15) is 62.3 Å². The second kappa shape index (κ2) is 14.1. The first-order valence-electron chi connectivity index (χ1n) is 11.9. The summed E-state index contributed by atoms with van der Waals surface area (Å²) in [5, 5.41) is 0. The third kappa shape index (κ3) is 18.1. The molecule has 0 aromatic carbocycles. The Morgan fingerprint density at radius 2 is 1.10 bits per heavy atom. The Balaban J connectivity index is 4.45. The molecule has 0 aliphatic carbocycles. The molecule has 0 radical (unpaired) electrons. The number of alkyl halides is 12. The zero-order chi connectivity index (χ0) is 30.9. The molecular formula is C23H32F12O4. The minimum atomic E-state index is -4.39. The van der Waals surface area contributed by atoms with Crippen molar-refractivity contribution < 1.29 is 71.7 Å². The van der Waals surface area contributed by atoms with Gasteiger partial charge in [-0.1, -0.05) is 13.8 Å². The number of ether oxygens (including phenoxy) is 2. The minimum Gasteiger partial charge on any atom is -0.465 e. The third-order valence-electron chi connectivity index (χ3n) is 5.18. The van der Waals surface area contributed by atoms with E-state index in [1.54, 1.807) is 0 Å². The van der Waals surface area contributed by atoms with Crippen LogP contribution >= 0.6 is 0 Å². The standard InChI is InChI=1S/C23H32F12O4/c1-4-19(26,27)12-23(34,35)14-21(30,31)7-9-38-16(36)10-15(2)17(37)39-8-5-6-20(28,29)13-22(32,33)11-18(3,24)25/h15H,4-14H2,1-3H3. The zero-order valence-electron chi connectivity index (χ0n) is 21.5. The van der Waals surface area contributed by atoms with Crippen molar-refractivity contribution in [1.82, 2.24) is 0 Å². The van der Waals surface area contributed by atoms with Gasteiger partial charge in [-0.25, -0.2) is 52.7 Å². The fourth-order valence-electron chi connectivity index (χ4n) is 3.37. The molecule has 0 aromatic heterocycles. The van der Waals surface area contributed by atoms with Gasteiger partial charge in [-0.3, -0.25) is 9.59 Å². The quantitative estimate of drug-likeness (QED) is 0.0855. The fourth-order valence-corrected chi connectivity index (χ4v) is 3.37. The van der Waals surface area contributed by atoms with E-state index in [1.165, 1.54) is 0 Å². The molecule has 0 bridgehead atoms. The molecule has 16 heteroatoms. The molecule has 0 spiro atoms. The van der Waals surface area contributed by atoms with Gasteiger partial charge in [0.05, 0.1) is 51.2 Å². The van der Waals surface area contributed by atoms with Gasteiger partial charge < -0.3 is 9.47 Å². The van der Waals surface area contributed by atoms with E-state index in [1.807, 2.05) is 0 Å². The molecule has 0 N–H and O–H groups in total. The average molecular weight is 600 g/mol. The Hall–Kier alpha value is -1.90. The van der Waals surface area contributed by atoms with Crippen LogP contribution in [-0.2, 0) is 19.1 Å². The number of esters is 2. The largest absolute Gasteiger partial charge is 0.465 e. The summed E-state index contributed by atoms with van der Waals surface area (Å²) in [6.07, 6.45) is -13.4. The molecule has 1 unspecified atom stereocenters. The topological polar surface area (TPSA) is 52.6 Å². The number of hydrogen-bond acceptors (Lipinski definition) is 4. The highest BCUT2D eigenvalue weighted by atomic mass is 19.3. The lowest BCUT2D eigenvalue weighted by Gasteiger charge is -2.26. The molecule has 0 aromatic rings. The molecule has 0 rings (SSSR count). The van der Waals surface area contributed by atoms with E-state index in [0.717, 1.165) is 13.8 Å². The van der Waals surface area contributed by atoms with Crippen molar-refractivity contribution in [3.8, 4) is 0 Å². The summed E-state index contributed by atoms with van der Waals surface area (Å²) in [6.45, 7) is 0.424. The van der Waals surface area contributed by atoms with Crippen molar-refractivity contribution in [1.29, 1.82) is 0 Å².